The van der Waals surface area contributed by atoms with E-state index in [2.05, 4.69) is 12.2 Å². The Kier molecular flexibility index (Phi) is 1.07. The Hall–Kier alpha value is -0.850. The van der Waals surface area contributed by atoms with Crippen LogP contribution in [0.1, 0.15) is 6.92 Å². The van der Waals surface area contributed by atoms with Crippen LogP contribution in [-0.4, -0.2) is 5.78 Å². The molecule has 2 aliphatic carbocycles. The van der Waals surface area contributed by atoms with E-state index in [1.165, 1.54) is 0 Å². The summed E-state index contributed by atoms with van der Waals surface area (Å²) in [4.78, 5) is 10.9. The second kappa shape index (κ2) is 1.82. The molecule has 0 spiro atoms. The van der Waals surface area contributed by atoms with E-state index < -0.39 is 0 Å². The molecule has 0 bridgehead atoms. The number of carbonyl (C=O) groups excluding carboxylic acids is 1. The van der Waals surface area contributed by atoms with Crippen molar-refractivity contribution in [1.82, 2.24) is 0 Å². The number of hydrogen-bond donors (Lipinski definition) is 0. The van der Waals surface area contributed by atoms with E-state index in [4.69, 9.17) is 0 Å². The van der Waals surface area contributed by atoms with Gasteiger partial charge in [0.15, 0.2) is 0 Å². The molecule has 1 heteroatoms. The Balaban J connectivity index is 2.16. The molecule has 0 aliphatic heterocycles. The quantitative estimate of drug-likeness (QED) is 0.532. The minimum Gasteiger partial charge on any atom is -0.300 e. The fraction of sp³-hybridized carbons (Fsp3) is 0.444. The van der Waals surface area contributed by atoms with Crippen molar-refractivity contribution < 1.29 is 4.79 Å². The minimum atomic E-state index is 0.315. The van der Waals surface area contributed by atoms with Gasteiger partial charge in [0.2, 0.25) is 0 Å². The Labute approximate surface area is 60.4 Å². The van der Waals surface area contributed by atoms with Crippen LogP contribution in [0.5, 0.6) is 0 Å². The van der Waals surface area contributed by atoms with E-state index in [1.54, 1.807) is 6.92 Å². The normalized spacial score (nSPS) is 41.1. The van der Waals surface area contributed by atoms with Gasteiger partial charge >= 0.3 is 0 Å². The lowest BCUT2D eigenvalue weighted by Gasteiger charge is -1.87. The standard InChI is InChI=1S/C9H10O/c1-6(10)9-7-4-2-3-5-8(7)9/h2-5,7-9H,1H3. The molecular formula is C9H10O. The molecule has 0 heterocycles. The maximum atomic E-state index is 10.9. The summed E-state index contributed by atoms with van der Waals surface area (Å²) in [6.45, 7) is 1.69. The first-order valence-electron chi connectivity index (χ1n) is 3.66. The van der Waals surface area contributed by atoms with Crippen LogP contribution in [0.25, 0.3) is 0 Å². The zero-order valence-corrected chi connectivity index (χ0v) is 5.95. The Morgan fingerprint density at radius 3 is 2.10 bits per heavy atom. The molecule has 1 nitrogen and oxygen atoms in total. The molecule has 2 aliphatic rings. The SMILES string of the molecule is CC(=O)C1C2C=CC=CC21. The molecule has 2 rings (SSSR count). The van der Waals surface area contributed by atoms with Crippen molar-refractivity contribution in [2.45, 2.75) is 6.92 Å². The van der Waals surface area contributed by atoms with Gasteiger partial charge in [0, 0.05) is 5.92 Å². The third-order valence-corrected chi connectivity index (χ3v) is 2.38. The monoisotopic (exact) mass is 134 g/mol. The predicted molar refractivity (Wildman–Crippen MR) is 39.4 cm³/mol. The van der Waals surface area contributed by atoms with Gasteiger partial charge < -0.3 is 0 Å². The van der Waals surface area contributed by atoms with Gasteiger partial charge in [-0.15, -0.1) is 0 Å². The fourth-order valence-electron chi connectivity index (χ4n) is 1.78. The van der Waals surface area contributed by atoms with E-state index in [0.717, 1.165) is 0 Å². The molecule has 10 heavy (non-hydrogen) atoms. The average molecular weight is 134 g/mol. The van der Waals surface area contributed by atoms with Crippen molar-refractivity contribution in [3.8, 4) is 0 Å². The van der Waals surface area contributed by atoms with E-state index in [9.17, 15) is 4.79 Å². The Morgan fingerprint density at radius 2 is 1.70 bits per heavy atom. The van der Waals surface area contributed by atoms with Crippen LogP contribution in [0.2, 0.25) is 0 Å². The van der Waals surface area contributed by atoms with Gasteiger partial charge in [-0.3, -0.25) is 4.79 Å². The molecule has 0 aromatic rings. The number of Topliss-reactive ketones (excluding diaryl/α,β-unsaturated/α-hetero) is 1. The molecule has 0 aromatic heterocycles. The van der Waals surface area contributed by atoms with Gasteiger partial charge in [0.25, 0.3) is 0 Å². The van der Waals surface area contributed by atoms with Crippen LogP contribution in [0.3, 0.4) is 0 Å². The number of hydrogen-bond acceptors (Lipinski definition) is 1. The molecular weight excluding hydrogens is 124 g/mol. The fourth-order valence-corrected chi connectivity index (χ4v) is 1.78. The van der Waals surface area contributed by atoms with Crippen LogP contribution in [0.4, 0.5) is 0 Å². The van der Waals surface area contributed by atoms with Crippen molar-refractivity contribution in [3.05, 3.63) is 24.3 Å². The summed E-state index contributed by atoms with van der Waals surface area (Å²) < 4.78 is 0. The summed E-state index contributed by atoms with van der Waals surface area (Å²) in [5.74, 6) is 1.74. The van der Waals surface area contributed by atoms with Gasteiger partial charge in [-0.2, -0.15) is 0 Å². The number of carbonyl (C=O) groups is 1. The zero-order valence-electron chi connectivity index (χ0n) is 5.95. The highest BCUT2D eigenvalue weighted by Gasteiger charge is 2.50. The highest BCUT2D eigenvalue weighted by atomic mass is 16.1. The molecule has 2 unspecified atom stereocenters. The first-order chi connectivity index (χ1) is 4.80. The summed E-state index contributed by atoms with van der Waals surface area (Å²) in [5, 5.41) is 0. The maximum Gasteiger partial charge on any atom is 0.134 e. The minimum absolute atomic E-state index is 0.315. The van der Waals surface area contributed by atoms with Crippen molar-refractivity contribution in [2.24, 2.45) is 17.8 Å². The van der Waals surface area contributed by atoms with E-state index in [1.807, 2.05) is 12.2 Å². The topological polar surface area (TPSA) is 17.1 Å². The van der Waals surface area contributed by atoms with Crippen molar-refractivity contribution in [2.75, 3.05) is 0 Å². The van der Waals surface area contributed by atoms with E-state index >= 15 is 0 Å². The molecule has 2 atom stereocenters. The number of fused-ring (bicyclic) bond motifs is 1. The second-order valence-corrected chi connectivity index (χ2v) is 3.06. The summed E-state index contributed by atoms with van der Waals surface area (Å²) in [7, 11) is 0. The molecule has 0 radical (unpaired) electrons. The van der Waals surface area contributed by atoms with E-state index in [0.29, 0.717) is 23.5 Å². The molecule has 0 saturated heterocycles. The lowest BCUT2D eigenvalue weighted by atomic mass is 10.2. The van der Waals surface area contributed by atoms with Crippen molar-refractivity contribution in [3.63, 3.8) is 0 Å². The maximum absolute atomic E-state index is 10.9. The lowest BCUT2D eigenvalue weighted by molar-refractivity contribution is -0.118. The summed E-state index contributed by atoms with van der Waals surface area (Å²) >= 11 is 0. The largest absolute Gasteiger partial charge is 0.300 e. The number of allylic oxidation sites excluding steroid dienone is 4. The third kappa shape index (κ3) is 0.666. The number of ketones is 1. The molecule has 0 amide bonds. The second-order valence-electron chi connectivity index (χ2n) is 3.06. The summed E-state index contributed by atoms with van der Waals surface area (Å²) in [6.07, 6.45) is 8.34. The van der Waals surface area contributed by atoms with Gasteiger partial charge in [0.1, 0.15) is 5.78 Å². The summed E-state index contributed by atoms with van der Waals surface area (Å²) in [6, 6.07) is 0. The zero-order chi connectivity index (χ0) is 7.14. The van der Waals surface area contributed by atoms with Crippen LogP contribution in [-0.2, 0) is 4.79 Å². The van der Waals surface area contributed by atoms with Gasteiger partial charge in [-0.05, 0) is 18.8 Å². The lowest BCUT2D eigenvalue weighted by Crippen LogP contribution is -1.94. The third-order valence-electron chi connectivity index (χ3n) is 2.38. The van der Waals surface area contributed by atoms with Crippen LogP contribution < -0.4 is 0 Å². The summed E-state index contributed by atoms with van der Waals surface area (Å²) in [5.41, 5.74) is 0. The highest BCUT2D eigenvalue weighted by molar-refractivity contribution is 5.83. The first-order valence-corrected chi connectivity index (χ1v) is 3.66. The van der Waals surface area contributed by atoms with Crippen molar-refractivity contribution in [1.29, 1.82) is 0 Å². The van der Waals surface area contributed by atoms with Gasteiger partial charge in [-0.25, -0.2) is 0 Å². The average Bonchev–Trinajstić information content (AvgIpc) is 2.60. The van der Waals surface area contributed by atoms with Crippen LogP contribution in [0, 0.1) is 17.8 Å². The predicted octanol–water partition coefficient (Wildman–Crippen LogP) is 1.56. The van der Waals surface area contributed by atoms with Crippen LogP contribution >= 0.6 is 0 Å². The Morgan fingerprint density at radius 1 is 1.20 bits per heavy atom. The van der Waals surface area contributed by atoms with E-state index in [-0.39, 0.29) is 0 Å². The molecule has 0 N–H and O–H groups in total. The van der Waals surface area contributed by atoms with Gasteiger partial charge in [-0.1, -0.05) is 24.3 Å². The first kappa shape index (κ1) is 5.90. The van der Waals surface area contributed by atoms with Gasteiger partial charge in [0.05, 0.1) is 0 Å². The Bertz CT molecular complexity index is 207. The van der Waals surface area contributed by atoms with Crippen LogP contribution in [0.15, 0.2) is 24.3 Å². The highest BCUT2D eigenvalue weighted by Crippen LogP contribution is 2.50. The molecule has 0 aromatic carbocycles. The number of rotatable bonds is 1. The molecule has 1 fully saturated rings. The smallest absolute Gasteiger partial charge is 0.134 e. The molecule has 52 valence electrons. The van der Waals surface area contributed by atoms with Crippen molar-refractivity contribution >= 4 is 5.78 Å². The molecule has 1 saturated carbocycles.